The Kier molecular flexibility index (Phi) is 7.26. The summed E-state index contributed by atoms with van der Waals surface area (Å²) in [6, 6.07) is 4.27. The van der Waals surface area contributed by atoms with E-state index in [9.17, 15) is 22.7 Å². The van der Waals surface area contributed by atoms with Crippen LogP contribution in [0.4, 0.5) is 17.6 Å². The molecular formula is C12H16ClF4NO2. The second-order valence-corrected chi connectivity index (χ2v) is 4.04. The molecule has 2 atom stereocenters. The number of halogens is 5. The molecule has 1 aromatic carbocycles. The van der Waals surface area contributed by atoms with Gasteiger partial charge < -0.3 is 15.6 Å². The first-order chi connectivity index (χ1) is 8.77. The molecule has 0 aliphatic rings. The second kappa shape index (κ2) is 7.66. The van der Waals surface area contributed by atoms with E-state index in [1.165, 1.54) is 12.1 Å². The summed E-state index contributed by atoms with van der Waals surface area (Å²) in [5, 5.41) is 9.56. The van der Waals surface area contributed by atoms with E-state index in [-0.39, 0.29) is 12.4 Å². The standard InChI is InChI=1S/C12H15F4NO2.ClH/c1-2-9(18)10(17)7-4-3-5-8(6-7)19-12(15,16)11(13)14;/h3-6,9-11,18H,2,17H2,1H3;1H/t9-,10+;/m0./s1. The Morgan fingerprint density at radius 2 is 1.95 bits per heavy atom. The monoisotopic (exact) mass is 317 g/mol. The molecule has 1 rings (SSSR count). The van der Waals surface area contributed by atoms with Crippen molar-refractivity contribution < 1.29 is 27.4 Å². The SMILES string of the molecule is CC[C@H](O)[C@H](N)c1cccc(OC(F)(F)C(F)F)c1.Cl. The van der Waals surface area contributed by atoms with Crippen LogP contribution in [0.15, 0.2) is 24.3 Å². The van der Waals surface area contributed by atoms with Gasteiger partial charge in [0.15, 0.2) is 0 Å². The van der Waals surface area contributed by atoms with E-state index >= 15 is 0 Å². The number of rotatable bonds is 6. The summed E-state index contributed by atoms with van der Waals surface area (Å²) < 4.78 is 53.4. The van der Waals surface area contributed by atoms with E-state index in [1.807, 2.05) is 0 Å². The third-order valence-electron chi connectivity index (χ3n) is 2.58. The maximum Gasteiger partial charge on any atom is 0.461 e. The summed E-state index contributed by atoms with van der Waals surface area (Å²) in [5.74, 6) is -0.429. The van der Waals surface area contributed by atoms with Gasteiger partial charge in [-0.1, -0.05) is 19.1 Å². The Morgan fingerprint density at radius 3 is 2.45 bits per heavy atom. The van der Waals surface area contributed by atoms with Gasteiger partial charge in [0.25, 0.3) is 0 Å². The summed E-state index contributed by atoms with van der Waals surface area (Å²) in [4.78, 5) is 0. The van der Waals surface area contributed by atoms with Crippen LogP contribution < -0.4 is 10.5 Å². The predicted molar refractivity (Wildman–Crippen MR) is 68.5 cm³/mol. The molecule has 0 aromatic heterocycles. The quantitative estimate of drug-likeness (QED) is 0.793. The van der Waals surface area contributed by atoms with Gasteiger partial charge in [-0.05, 0) is 24.1 Å². The van der Waals surface area contributed by atoms with Crippen LogP contribution in [0.1, 0.15) is 24.9 Å². The number of benzene rings is 1. The van der Waals surface area contributed by atoms with Gasteiger partial charge in [-0.2, -0.15) is 17.6 Å². The summed E-state index contributed by atoms with van der Waals surface area (Å²) in [6.07, 6.45) is -8.97. The first-order valence-electron chi connectivity index (χ1n) is 5.66. The van der Waals surface area contributed by atoms with E-state index in [1.54, 1.807) is 6.92 Å². The summed E-state index contributed by atoms with van der Waals surface area (Å²) in [6.45, 7) is 1.70. The van der Waals surface area contributed by atoms with Crippen molar-refractivity contribution in [3.8, 4) is 5.75 Å². The van der Waals surface area contributed by atoms with Crippen molar-refractivity contribution in [2.45, 2.75) is 38.0 Å². The Hall–Kier alpha value is -1.05. The highest BCUT2D eigenvalue weighted by Crippen LogP contribution is 2.29. The molecule has 20 heavy (non-hydrogen) atoms. The van der Waals surface area contributed by atoms with Crippen molar-refractivity contribution in [3.63, 3.8) is 0 Å². The molecule has 0 fully saturated rings. The molecule has 3 N–H and O–H groups in total. The maximum atomic E-state index is 12.7. The molecule has 0 aliphatic heterocycles. The molecular weight excluding hydrogens is 302 g/mol. The minimum Gasteiger partial charge on any atom is -0.428 e. The van der Waals surface area contributed by atoms with Crippen molar-refractivity contribution in [1.29, 1.82) is 0 Å². The lowest BCUT2D eigenvalue weighted by Crippen LogP contribution is -2.33. The number of hydrogen-bond donors (Lipinski definition) is 2. The number of nitrogens with two attached hydrogens (primary N) is 1. The van der Waals surface area contributed by atoms with Gasteiger partial charge in [-0.3, -0.25) is 0 Å². The fourth-order valence-electron chi connectivity index (χ4n) is 1.46. The molecule has 0 bridgehead atoms. The molecule has 3 nitrogen and oxygen atoms in total. The Balaban J connectivity index is 0.00000361. The van der Waals surface area contributed by atoms with E-state index in [0.29, 0.717) is 12.0 Å². The van der Waals surface area contributed by atoms with Crippen molar-refractivity contribution >= 4 is 12.4 Å². The fourth-order valence-corrected chi connectivity index (χ4v) is 1.46. The number of hydrogen-bond acceptors (Lipinski definition) is 3. The van der Waals surface area contributed by atoms with Gasteiger partial charge in [0, 0.05) is 0 Å². The normalized spacial score (nSPS) is 14.6. The van der Waals surface area contributed by atoms with E-state index in [4.69, 9.17) is 5.73 Å². The van der Waals surface area contributed by atoms with Crippen molar-refractivity contribution in [3.05, 3.63) is 29.8 Å². The minimum absolute atomic E-state index is 0. The molecule has 0 unspecified atom stereocenters. The van der Waals surface area contributed by atoms with Gasteiger partial charge in [0.05, 0.1) is 12.1 Å². The fraction of sp³-hybridized carbons (Fsp3) is 0.500. The molecule has 0 aliphatic carbocycles. The molecule has 0 saturated heterocycles. The highest BCUT2D eigenvalue weighted by Gasteiger charge is 2.44. The molecule has 0 radical (unpaired) electrons. The molecule has 0 saturated carbocycles. The van der Waals surface area contributed by atoms with Crippen molar-refractivity contribution in [1.82, 2.24) is 0 Å². The second-order valence-electron chi connectivity index (χ2n) is 4.04. The van der Waals surface area contributed by atoms with E-state index < -0.39 is 30.4 Å². The van der Waals surface area contributed by atoms with Crippen LogP contribution in [-0.2, 0) is 0 Å². The summed E-state index contributed by atoms with van der Waals surface area (Å²) in [7, 11) is 0. The average molecular weight is 318 g/mol. The lowest BCUT2D eigenvalue weighted by molar-refractivity contribution is -0.253. The molecule has 116 valence electrons. The average Bonchev–Trinajstić information content (AvgIpc) is 2.36. The molecule has 0 spiro atoms. The van der Waals surface area contributed by atoms with Crippen LogP contribution >= 0.6 is 12.4 Å². The Labute approximate surface area is 120 Å². The molecule has 0 heterocycles. The van der Waals surface area contributed by atoms with Crippen molar-refractivity contribution in [2.24, 2.45) is 5.73 Å². The van der Waals surface area contributed by atoms with Crippen LogP contribution in [0.3, 0.4) is 0 Å². The number of ether oxygens (including phenoxy) is 1. The van der Waals surface area contributed by atoms with Crippen LogP contribution in [-0.4, -0.2) is 23.7 Å². The summed E-state index contributed by atoms with van der Waals surface area (Å²) >= 11 is 0. The lowest BCUT2D eigenvalue weighted by Gasteiger charge is -2.20. The summed E-state index contributed by atoms with van der Waals surface area (Å²) in [5.41, 5.74) is 6.03. The van der Waals surface area contributed by atoms with Crippen LogP contribution in [0.5, 0.6) is 5.75 Å². The predicted octanol–water partition coefficient (Wildman–Crippen LogP) is 3.12. The Morgan fingerprint density at radius 1 is 1.35 bits per heavy atom. The topological polar surface area (TPSA) is 55.5 Å². The third kappa shape index (κ3) is 4.81. The van der Waals surface area contributed by atoms with Gasteiger partial charge in [-0.15, -0.1) is 12.4 Å². The number of aliphatic hydroxyl groups excluding tert-OH is 1. The highest BCUT2D eigenvalue weighted by atomic mass is 35.5. The zero-order chi connectivity index (χ0) is 14.6. The molecule has 8 heteroatoms. The number of aliphatic hydroxyl groups is 1. The maximum absolute atomic E-state index is 12.7. The van der Waals surface area contributed by atoms with Crippen LogP contribution in [0, 0.1) is 0 Å². The zero-order valence-corrected chi connectivity index (χ0v) is 11.4. The van der Waals surface area contributed by atoms with Crippen molar-refractivity contribution in [2.75, 3.05) is 0 Å². The van der Waals surface area contributed by atoms with E-state index in [0.717, 1.165) is 12.1 Å². The lowest BCUT2D eigenvalue weighted by atomic mass is 10.0. The Bertz CT molecular complexity index is 420. The van der Waals surface area contributed by atoms with Crippen LogP contribution in [0.2, 0.25) is 0 Å². The van der Waals surface area contributed by atoms with E-state index in [2.05, 4.69) is 4.74 Å². The van der Waals surface area contributed by atoms with Gasteiger partial charge >= 0.3 is 12.5 Å². The smallest absolute Gasteiger partial charge is 0.428 e. The van der Waals surface area contributed by atoms with Gasteiger partial charge in [-0.25, -0.2) is 0 Å². The first kappa shape index (κ1) is 18.9. The number of alkyl halides is 4. The molecule has 1 aromatic rings. The highest BCUT2D eigenvalue weighted by molar-refractivity contribution is 5.85. The van der Waals surface area contributed by atoms with Crippen LogP contribution in [0.25, 0.3) is 0 Å². The zero-order valence-electron chi connectivity index (χ0n) is 10.6. The van der Waals surface area contributed by atoms with Gasteiger partial charge in [0.2, 0.25) is 0 Å². The first-order valence-corrected chi connectivity index (χ1v) is 5.66. The van der Waals surface area contributed by atoms with Gasteiger partial charge in [0.1, 0.15) is 5.75 Å². The minimum atomic E-state index is -4.56. The molecule has 0 amide bonds. The largest absolute Gasteiger partial charge is 0.461 e. The third-order valence-corrected chi connectivity index (χ3v) is 2.58.